The van der Waals surface area contributed by atoms with E-state index in [1.807, 2.05) is 54.6 Å². The van der Waals surface area contributed by atoms with Crippen LogP contribution in [-0.2, 0) is 22.6 Å². The first-order valence-corrected chi connectivity index (χ1v) is 9.88. The molecule has 2 aromatic carbocycles. The molecule has 0 saturated carbocycles. The maximum absolute atomic E-state index is 12.2. The van der Waals surface area contributed by atoms with Gasteiger partial charge in [-0.2, -0.15) is 0 Å². The van der Waals surface area contributed by atoms with Gasteiger partial charge in [0.1, 0.15) is 5.75 Å². The van der Waals surface area contributed by atoms with Crippen LogP contribution in [0.2, 0.25) is 0 Å². The Kier molecular flexibility index (Phi) is 7.13. The number of thiazole rings is 1. The molecule has 1 heterocycles. The summed E-state index contributed by atoms with van der Waals surface area (Å²) in [5.74, 6) is 0.343. The number of hydrogen-bond donors (Lipinski definition) is 2. The molecule has 0 bridgehead atoms. The molecule has 0 saturated heterocycles. The molecule has 148 valence electrons. The zero-order valence-corrected chi connectivity index (χ0v) is 16.7. The number of nitrogens with one attached hydrogen (secondary N) is 2. The van der Waals surface area contributed by atoms with Gasteiger partial charge in [0.05, 0.1) is 19.2 Å². The van der Waals surface area contributed by atoms with Crippen LogP contribution in [-0.4, -0.2) is 23.9 Å². The zero-order valence-electron chi connectivity index (χ0n) is 15.9. The van der Waals surface area contributed by atoms with Gasteiger partial charge in [0.15, 0.2) is 5.13 Å². The van der Waals surface area contributed by atoms with Crippen LogP contribution in [0.4, 0.5) is 5.13 Å². The first-order valence-electron chi connectivity index (χ1n) is 9.00. The smallest absolute Gasteiger partial charge is 0.250 e. The van der Waals surface area contributed by atoms with E-state index in [0.29, 0.717) is 17.4 Å². The summed E-state index contributed by atoms with van der Waals surface area (Å²) in [5, 5.41) is 7.80. The van der Waals surface area contributed by atoms with Crippen molar-refractivity contribution < 1.29 is 14.3 Å². The van der Waals surface area contributed by atoms with Crippen molar-refractivity contribution in [2.24, 2.45) is 0 Å². The fraction of sp³-hybridized carbons (Fsp3) is 0.136. The summed E-state index contributed by atoms with van der Waals surface area (Å²) < 4.78 is 5.17. The minimum absolute atomic E-state index is 0.139. The van der Waals surface area contributed by atoms with Crippen molar-refractivity contribution in [1.29, 1.82) is 0 Å². The van der Waals surface area contributed by atoms with E-state index < -0.39 is 0 Å². The maximum Gasteiger partial charge on any atom is 0.250 e. The van der Waals surface area contributed by atoms with Crippen molar-refractivity contribution in [2.45, 2.75) is 13.0 Å². The minimum atomic E-state index is -0.266. The van der Waals surface area contributed by atoms with E-state index in [1.165, 1.54) is 17.4 Å². The summed E-state index contributed by atoms with van der Waals surface area (Å²) in [4.78, 5) is 28.5. The van der Waals surface area contributed by atoms with Crippen molar-refractivity contribution in [3.05, 3.63) is 82.9 Å². The normalized spacial score (nSPS) is 10.7. The Morgan fingerprint density at radius 3 is 2.76 bits per heavy atom. The first kappa shape index (κ1) is 20.3. The van der Waals surface area contributed by atoms with Gasteiger partial charge in [0.2, 0.25) is 11.8 Å². The zero-order chi connectivity index (χ0) is 20.5. The number of carbonyl (C=O) groups is 2. The van der Waals surface area contributed by atoms with Crippen molar-refractivity contribution in [3.63, 3.8) is 0 Å². The summed E-state index contributed by atoms with van der Waals surface area (Å²) in [6.07, 6.45) is 3.34. The molecule has 29 heavy (non-hydrogen) atoms. The average Bonchev–Trinajstić information content (AvgIpc) is 3.18. The lowest BCUT2D eigenvalue weighted by Crippen LogP contribution is -2.24. The third-order valence-electron chi connectivity index (χ3n) is 3.97. The summed E-state index contributed by atoms with van der Waals surface area (Å²) in [7, 11) is 1.60. The number of nitrogens with zero attached hydrogens (tertiary/aromatic N) is 1. The third kappa shape index (κ3) is 6.58. The van der Waals surface area contributed by atoms with Gasteiger partial charge in [-0.15, -0.1) is 11.3 Å². The number of hydrogen-bond acceptors (Lipinski definition) is 5. The highest BCUT2D eigenvalue weighted by Gasteiger charge is 2.09. The number of rotatable bonds is 8. The number of benzene rings is 2. The second-order valence-corrected chi connectivity index (χ2v) is 7.04. The largest absolute Gasteiger partial charge is 0.497 e. The second kappa shape index (κ2) is 10.2. The molecular weight excluding hydrogens is 386 g/mol. The molecule has 3 rings (SSSR count). The number of aromatic nitrogens is 1. The summed E-state index contributed by atoms with van der Waals surface area (Å²) >= 11 is 1.29. The molecule has 0 aliphatic rings. The van der Waals surface area contributed by atoms with Crippen molar-refractivity contribution in [2.75, 3.05) is 12.4 Å². The molecule has 2 amide bonds. The lowest BCUT2D eigenvalue weighted by molar-refractivity contribution is -0.120. The van der Waals surface area contributed by atoms with Crippen LogP contribution < -0.4 is 15.4 Å². The van der Waals surface area contributed by atoms with Gasteiger partial charge in [-0.1, -0.05) is 42.5 Å². The molecule has 0 spiro atoms. The molecule has 0 radical (unpaired) electrons. The third-order valence-corrected chi connectivity index (χ3v) is 4.78. The lowest BCUT2D eigenvalue weighted by atomic mass is 10.2. The van der Waals surface area contributed by atoms with Crippen LogP contribution in [0.3, 0.4) is 0 Å². The molecule has 0 atom stereocenters. The minimum Gasteiger partial charge on any atom is -0.497 e. The Bertz CT molecular complexity index is 999. The van der Waals surface area contributed by atoms with E-state index in [9.17, 15) is 9.59 Å². The van der Waals surface area contributed by atoms with Gasteiger partial charge in [0, 0.05) is 18.0 Å². The van der Waals surface area contributed by atoms with Gasteiger partial charge in [-0.05, 0) is 29.3 Å². The molecule has 2 N–H and O–H groups in total. The standard InChI is InChI=1S/C22H21N3O3S/c1-28-19-9-5-8-17(12-19)14-23-21(27)13-18-15-29-22(24-18)25-20(26)11-10-16-6-3-2-4-7-16/h2-12,15H,13-14H2,1H3,(H,23,27)(H,24,25,26)/b11-10+. The number of ether oxygens (including phenoxy) is 1. The predicted molar refractivity (Wildman–Crippen MR) is 115 cm³/mol. The fourth-order valence-corrected chi connectivity index (χ4v) is 3.25. The van der Waals surface area contributed by atoms with E-state index in [1.54, 1.807) is 18.6 Å². The van der Waals surface area contributed by atoms with Crippen molar-refractivity contribution in [1.82, 2.24) is 10.3 Å². The molecular formula is C22H21N3O3S. The lowest BCUT2D eigenvalue weighted by Gasteiger charge is -2.06. The van der Waals surface area contributed by atoms with E-state index in [4.69, 9.17) is 4.74 Å². The maximum atomic E-state index is 12.2. The molecule has 0 unspecified atom stereocenters. The Balaban J connectivity index is 1.47. The molecule has 1 aromatic heterocycles. The molecule has 0 fully saturated rings. The number of anilines is 1. The fourth-order valence-electron chi connectivity index (χ4n) is 2.54. The van der Waals surface area contributed by atoms with Gasteiger partial charge in [-0.3, -0.25) is 14.9 Å². The monoisotopic (exact) mass is 407 g/mol. The van der Waals surface area contributed by atoms with Crippen LogP contribution >= 0.6 is 11.3 Å². The van der Waals surface area contributed by atoms with Crippen LogP contribution in [0.25, 0.3) is 6.08 Å². The summed E-state index contributed by atoms with van der Waals surface area (Å²) in [6, 6.07) is 17.1. The highest BCUT2D eigenvalue weighted by molar-refractivity contribution is 7.14. The van der Waals surface area contributed by atoms with Gasteiger partial charge < -0.3 is 10.1 Å². The van der Waals surface area contributed by atoms with Gasteiger partial charge in [0.25, 0.3) is 0 Å². The number of methoxy groups -OCH3 is 1. The number of carbonyl (C=O) groups excluding carboxylic acids is 2. The van der Waals surface area contributed by atoms with E-state index >= 15 is 0 Å². The van der Waals surface area contributed by atoms with E-state index in [0.717, 1.165) is 16.9 Å². The Labute approximate surface area is 173 Å². The molecule has 0 aliphatic heterocycles. The van der Waals surface area contributed by atoms with Crippen LogP contribution in [0.5, 0.6) is 5.75 Å². The molecule has 6 nitrogen and oxygen atoms in total. The first-order chi connectivity index (χ1) is 14.1. The molecule has 3 aromatic rings. The van der Waals surface area contributed by atoms with Crippen LogP contribution in [0.1, 0.15) is 16.8 Å². The van der Waals surface area contributed by atoms with Crippen LogP contribution in [0.15, 0.2) is 66.1 Å². The number of amides is 2. The van der Waals surface area contributed by atoms with E-state index in [-0.39, 0.29) is 18.2 Å². The van der Waals surface area contributed by atoms with Crippen molar-refractivity contribution in [3.8, 4) is 5.75 Å². The molecule has 0 aliphatic carbocycles. The highest BCUT2D eigenvalue weighted by atomic mass is 32.1. The highest BCUT2D eigenvalue weighted by Crippen LogP contribution is 2.16. The van der Waals surface area contributed by atoms with Crippen molar-refractivity contribution >= 4 is 34.4 Å². The summed E-state index contributed by atoms with van der Waals surface area (Å²) in [6.45, 7) is 0.411. The van der Waals surface area contributed by atoms with Gasteiger partial charge in [-0.25, -0.2) is 4.98 Å². The quantitative estimate of drug-likeness (QED) is 0.559. The van der Waals surface area contributed by atoms with Crippen LogP contribution in [0, 0.1) is 0 Å². The average molecular weight is 407 g/mol. The Morgan fingerprint density at radius 1 is 1.14 bits per heavy atom. The SMILES string of the molecule is COc1cccc(CNC(=O)Cc2csc(NC(=O)/C=C/c3ccccc3)n2)c1. The Hall–Kier alpha value is -3.45. The Morgan fingerprint density at radius 2 is 1.97 bits per heavy atom. The summed E-state index contributed by atoms with van der Waals surface area (Å²) in [5.41, 5.74) is 2.50. The topological polar surface area (TPSA) is 80.3 Å². The van der Waals surface area contributed by atoms with Gasteiger partial charge >= 0.3 is 0 Å². The molecule has 7 heteroatoms. The predicted octanol–water partition coefficient (Wildman–Crippen LogP) is 3.66. The second-order valence-electron chi connectivity index (χ2n) is 6.18. The van der Waals surface area contributed by atoms with E-state index in [2.05, 4.69) is 15.6 Å².